The third-order valence-electron chi connectivity index (χ3n) is 3.99. The smallest absolute Gasteiger partial charge is 0.158 e. The number of aromatic nitrogens is 3. The molecule has 4 aromatic rings. The Morgan fingerprint density at radius 3 is 2.63 bits per heavy atom. The molecule has 0 saturated heterocycles. The van der Waals surface area contributed by atoms with E-state index in [4.69, 9.17) is 17.3 Å². The highest BCUT2D eigenvalue weighted by molar-refractivity contribution is 7.99. The van der Waals surface area contributed by atoms with Crippen LogP contribution < -0.4 is 11.1 Å². The van der Waals surface area contributed by atoms with Crippen molar-refractivity contribution in [2.24, 2.45) is 0 Å². The molecule has 0 aliphatic rings. The monoisotopic (exact) mass is 393 g/mol. The van der Waals surface area contributed by atoms with Crippen molar-refractivity contribution in [3.63, 3.8) is 0 Å². The normalized spacial score (nSPS) is 10.9. The second kappa shape index (κ2) is 7.42. The average Bonchev–Trinajstić information content (AvgIpc) is 2.67. The van der Waals surface area contributed by atoms with Crippen LogP contribution in [0.15, 0.2) is 70.8 Å². The number of para-hydroxylation sites is 1. The first kappa shape index (κ1) is 17.6. The average molecular weight is 394 g/mol. The fraction of sp³-hybridized carbons (Fsp3) is 0.0500. The number of nitrogens with two attached hydrogens (primary N) is 1. The molecule has 0 aliphatic heterocycles. The largest absolute Gasteiger partial charge is 0.394 e. The number of nitrogen functional groups attached to an aromatic ring is 1. The van der Waals surface area contributed by atoms with Crippen molar-refractivity contribution >= 4 is 51.5 Å². The number of hydrogen-bond acceptors (Lipinski definition) is 6. The Bertz CT molecular complexity index is 1120. The van der Waals surface area contributed by atoms with Gasteiger partial charge in [0.15, 0.2) is 5.82 Å². The lowest BCUT2D eigenvalue weighted by Gasteiger charge is -2.12. The van der Waals surface area contributed by atoms with Crippen LogP contribution in [0.1, 0.15) is 5.69 Å². The molecule has 2 aromatic carbocycles. The molecule has 0 spiro atoms. The number of nitrogens with one attached hydrogen (secondary N) is 1. The molecule has 4 rings (SSSR count). The number of nitrogens with zero attached hydrogens (tertiary/aromatic N) is 3. The lowest BCUT2D eigenvalue weighted by atomic mass is 10.1. The third-order valence-corrected chi connectivity index (χ3v) is 5.27. The molecule has 0 unspecified atom stereocenters. The van der Waals surface area contributed by atoms with Crippen LogP contribution in [0.4, 0.5) is 17.2 Å². The van der Waals surface area contributed by atoms with Gasteiger partial charge in [0.05, 0.1) is 11.2 Å². The summed E-state index contributed by atoms with van der Waals surface area (Å²) in [5.74, 6) is 0.553. The summed E-state index contributed by atoms with van der Waals surface area (Å²) in [6.45, 7) is 1.97. The van der Waals surface area contributed by atoms with Gasteiger partial charge in [0, 0.05) is 21.0 Å². The maximum atomic E-state index is 6.33. The molecule has 5 nitrogen and oxygen atoms in total. The van der Waals surface area contributed by atoms with Gasteiger partial charge in [-0.3, -0.25) is 4.98 Å². The Morgan fingerprint density at radius 2 is 1.81 bits per heavy atom. The van der Waals surface area contributed by atoms with Crippen LogP contribution in [0.5, 0.6) is 0 Å². The van der Waals surface area contributed by atoms with E-state index in [1.165, 1.54) is 18.1 Å². The van der Waals surface area contributed by atoms with Gasteiger partial charge in [-0.15, -0.1) is 0 Å². The lowest BCUT2D eigenvalue weighted by molar-refractivity contribution is 1.06. The van der Waals surface area contributed by atoms with Gasteiger partial charge in [-0.05, 0) is 43.3 Å². The maximum Gasteiger partial charge on any atom is 0.158 e. The first-order valence-corrected chi connectivity index (χ1v) is 9.47. The molecule has 27 heavy (non-hydrogen) atoms. The Kier molecular flexibility index (Phi) is 4.83. The Labute approximate surface area is 166 Å². The Balaban J connectivity index is 1.67. The number of halogens is 1. The van der Waals surface area contributed by atoms with Crippen LogP contribution in [-0.2, 0) is 0 Å². The molecular formula is C20H16ClN5S. The van der Waals surface area contributed by atoms with Crippen molar-refractivity contribution in [3.05, 3.63) is 71.6 Å². The highest BCUT2D eigenvalue weighted by Crippen LogP contribution is 2.35. The molecule has 134 valence electrons. The number of aryl methyl sites for hydroxylation is 1. The van der Waals surface area contributed by atoms with Crippen LogP contribution >= 0.6 is 23.4 Å². The molecular weight excluding hydrogens is 378 g/mol. The van der Waals surface area contributed by atoms with Gasteiger partial charge in [-0.25, -0.2) is 9.97 Å². The molecule has 0 atom stereocenters. The molecule has 0 amide bonds. The van der Waals surface area contributed by atoms with Gasteiger partial charge in [0.2, 0.25) is 0 Å². The van der Waals surface area contributed by atoms with Crippen molar-refractivity contribution in [1.29, 1.82) is 0 Å². The number of fused-ring (bicyclic) bond motifs is 1. The highest BCUT2D eigenvalue weighted by Gasteiger charge is 2.12. The first-order valence-electron chi connectivity index (χ1n) is 8.27. The molecule has 2 aromatic heterocycles. The van der Waals surface area contributed by atoms with Crippen LogP contribution in [0.3, 0.4) is 0 Å². The summed E-state index contributed by atoms with van der Waals surface area (Å²) in [5.41, 5.74) is 9.49. The molecule has 0 bridgehead atoms. The maximum absolute atomic E-state index is 6.33. The minimum absolute atomic E-state index is 0.488. The van der Waals surface area contributed by atoms with Gasteiger partial charge in [-0.1, -0.05) is 41.6 Å². The predicted molar refractivity (Wildman–Crippen MR) is 112 cm³/mol. The molecule has 0 fully saturated rings. The van der Waals surface area contributed by atoms with Crippen molar-refractivity contribution in [3.8, 4) is 0 Å². The van der Waals surface area contributed by atoms with Crippen LogP contribution in [-0.4, -0.2) is 15.0 Å². The van der Waals surface area contributed by atoms with Gasteiger partial charge in [-0.2, -0.15) is 0 Å². The lowest BCUT2D eigenvalue weighted by Crippen LogP contribution is -2.03. The standard InChI is InChI=1S/C20H16ClN5S/c1-12-5-6-13-3-2-4-16(18(13)25-12)26-19-17(22)20(24-11-23-19)27-15-9-7-14(21)8-10-15/h2-11H,22H2,1H3,(H,23,24,26). The van der Waals surface area contributed by atoms with Gasteiger partial charge in [0.25, 0.3) is 0 Å². The summed E-state index contributed by atoms with van der Waals surface area (Å²) >= 11 is 7.41. The van der Waals surface area contributed by atoms with Crippen molar-refractivity contribution in [2.75, 3.05) is 11.1 Å². The third kappa shape index (κ3) is 3.82. The molecule has 3 N–H and O–H groups in total. The molecule has 0 saturated carbocycles. The first-order chi connectivity index (χ1) is 13.1. The Morgan fingerprint density at radius 1 is 1.00 bits per heavy atom. The quantitative estimate of drug-likeness (QED) is 0.448. The zero-order valence-electron chi connectivity index (χ0n) is 14.5. The minimum Gasteiger partial charge on any atom is -0.394 e. The van der Waals surface area contributed by atoms with Crippen LogP contribution in [0.25, 0.3) is 10.9 Å². The second-order valence-electron chi connectivity index (χ2n) is 5.95. The SMILES string of the molecule is Cc1ccc2cccc(Nc3ncnc(Sc4ccc(Cl)cc4)c3N)c2n1. The number of rotatable bonds is 4. The summed E-state index contributed by atoms with van der Waals surface area (Å²) in [4.78, 5) is 14.3. The molecule has 7 heteroatoms. The highest BCUT2D eigenvalue weighted by atomic mass is 35.5. The van der Waals surface area contributed by atoms with E-state index in [2.05, 4.69) is 20.3 Å². The van der Waals surface area contributed by atoms with Crippen LogP contribution in [0, 0.1) is 6.92 Å². The number of anilines is 3. The fourth-order valence-corrected chi connectivity index (χ4v) is 3.58. The summed E-state index contributed by atoms with van der Waals surface area (Å²) in [5, 5.41) is 5.73. The summed E-state index contributed by atoms with van der Waals surface area (Å²) in [7, 11) is 0. The number of benzene rings is 2. The van der Waals surface area contributed by atoms with Crippen molar-refractivity contribution in [2.45, 2.75) is 16.8 Å². The fourth-order valence-electron chi connectivity index (χ4n) is 2.65. The summed E-state index contributed by atoms with van der Waals surface area (Å²) in [6, 6.07) is 17.5. The predicted octanol–water partition coefficient (Wildman–Crippen LogP) is 5.46. The topological polar surface area (TPSA) is 76.7 Å². The van der Waals surface area contributed by atoms with Crippen LogP contribution in [0.2, 0.25) is 5.02 Å². The van der Waals surface area contributed by atoms with E-state index in [-0.39, 0.29) is 0 Å². The zero-order chi connectivity index (χ0) is 18.8. The van der Waals surface area contributed by atoms with Crippen molar-refractivity contribution < 1.29 is 0 Å². The van der Waals surface area contributed by atoms with E-state index in [9.17, 15) is 0 Å². The van der Waals surface area contributed by atoms with E-state index in [0.29, 0.717) is 21.6 Å². The molecule has 0 radical (unpaired) electrons. The summed E-state index contributed by atoms with van der Waals surface area (Å²) in [6.07, 6.45) is 1.50. The van der Waals surface area contributed by atoms with Gasteiger partial charge >= 0.3 is 0 Å². The van der Waals surface area contributed by atoms with Gasteiger partial charge < -0.3 is 11.1 Å². The Hall–Kier alpha value is -2.83. The van der Waals surface area contributed by atoms with E-state index in [0.717, 1.165) is 27.2 Å². The number of pyridine rings is 1. The minimum atomic E-state index is 0.488. The van der Waals surface area contributed by atoms with E-state index < -0.39 is 0 Å². The van der Waals surface area contributed by atoms with Gasteiger partial charge in [0.1, 0.15) is 17.0 Å². The number of hydrogen-bond donors (Lipinski definition) is 2. The van der Waals surface area contributed by atoms with E-state index >= 15 is 0 Å². The van der Waals surface area contributed by atoms with Crippen molar-refractivity contribution in [1.82, 2.24) is 15.0 Å². The zero-order valence-corrected chi connectivity index (χ0v) is 16.1. The second-order valence-corrected chi connectivity index (χ2v) is 7.45. The van der Waals surface area contributed by atoms with E-state index in [1.54, 1.807) is 0 Å². The molecule has 2 heterocycles. The summed E-state index contributed by atoms with van der Waals surface area (Å²) < 4.78 is 0. The van der Waals surface area contributed by atoms with E-state index in [1.807, 2.05) is 61.5 Å². The molecule has 0 aliphatic carbocycles.